The van der Waals surface area contributed by atoms with Gasteiger partial charge in [-0.3, -0.25) is 4.79 Å². The first-order valence-corrected chi connectivity index (χ1v) is 7.85. The van der Waals surface area contributed by atoms with Crippen molar-refractivity contribution in [3.63, 3.8) is 0 Å². The Bertz CT molecular complexity index is 238. The summed E-state index contributed by atoms with van der Waals surface area (Å²) in [5, 5.41) is 0. The van der Waals surface area contributed by atoms with E-state index in [4.69, 9.17) is 24.7 Å². The van der Waals surface area contributed by atoms with Gasteiger partial charge in [0.05, 0.1) is 39.5 Å². The Hall–Kier alpha value is -0.690. The van der Waals surface area contributed by atoms with Gasteiger partial charge in [0.1, 0.15) is 6.61 Å². The van der Waals surface area contributed by atoms with Crippen LogP contribution in [-0.4, -0.2) is 58.3 Å². The van der Waals surface area contributed by atoms with Crippen molar-refractivity contribution >= 4 is 5.97 Å². The minimum Gasteiger partial charge on any atom is -0.463 e. The first-order chi connectivity index (χ1) is 10.2. The zero-order valence-electron chi connectivity index (χ0n) is 13.5. The van der Waals surface area contributed by atoms with Crippen molar-refractivity contribution in [2.24, 2.45) is 5.73 Å². The highest BCUT2D eigenvalue weighted by atomic mass is 16.6. The molecule has 0 fully saturated rings. The Balaban J connectivity index is 3.13. The van der Waals surface area contributed by atoms with Gasteiger partial charge in [-0.05, 0) is 12.8 Å². The number of ether oxygens (including phenoxy) is 4. The summed E-state index contributed by atoms with van der Waals surface area (Å²) in [7, 11) is 0. The highest BCUT2D eigenvalue weighted by Crippen LogP contribution is 1.96. The van der Waals surface area contributed by atoms with Crippen molar-refractivity contribution in [2.45, 2.75) is 45.6 Å². The molecule has 0 aliphatic rings. The van der Waals surface area contributed by atoms with Crippen LogP contribution < -0.4 is 5.73 Å². The molecule has 1 atom stereocenters. The van der Waals surface area contributed by atoms with Crippen molar-refractivity contribution < 1.29 is 23.7 Å². The molecule has 0 aliphatic carbocycles. The second-order valence-corrected chi connectivity index (χ2v) is 4.78. The van der Waals surface area contributed by atoms with Crippen LogP contribution in [-0.2, 0) is 23.7 Å². The van der Waals surface area contributed by atoms with E-state index in [2.05, 4.69) is 6.92 Å². The Morgan fingerprint density at radius 1 is 0.905 bits per heavy atom. The van der Waals surface area contributed by atoms with Gasteiger partial charge in [0.2, 0.25) is 0 Å². The van der Waals surface area contributed by atoms with Crippen LogP contribution in [0.15, 0.2) is 0 Å². The number of unbranched alkanes of at least 4 members (excludes halogenated alkanes) is 1. The summed E-state index contributed by atoms with van der Waals surface area (Å²) in [6.07, 6.45) is 3.26. The SMILES string of the molecule is CCCCOCCOCCOCCOC(=O)CC(N)CC. The van der Waals surface area contributed by atoms with Gasteiger partial charge in [0, 0.05) is 12.6 Å². The Morgan fingerprint density at radius 3 is 1.95 bits per heavy atom. The first-order valence-electron chi connectivity index (χ1n) is 7.85. The van der Waals surface area contributed by atoms with E-state index < -0.39 is 0 Å². The molecule has 0 aromatic heterocycles. The standard InChI is InChI=1S/C15H31NO5/c1-3-5-6-18-7-8-19-9-10-20-11-12-21-15(17)13-14(16)4-2/h14H,3-13,16H2,1-2H3. The minimum absolute atomic E-state index is 0.119. The summed E-state index contributed by atoms with van der Waals surface area (Å²) in [6.45, 7) is 7.71. The van der Waals surface area contributed by atoms with Crippen LogP contribution in [0.2, 0.25) is 0 Å². The summed E-state index contributed by atoms with van der Waals surface area (Å²) in [6, 6.07) is -0.119. The van der Waals surface area contributed by atoms with E-state index in [1.54, 1.807) is 0 Å². The third-order valence-electron chi connectivity index (χ3n) is 2.83. The number of carbonyl (C=O) groups is 1. The number of hydrogen-bond acceptors (Lipinski definition) is 6. The average Bonchev–Trinajstić information content (AvgIpc) is 2.48. The van der Waals surface area contributed by atoms with Gasteiger partial charge in [0.25, 0.3) is 0 Å². The molecule has 2 N–H and O–H groups in total. The predicted octanol–water partition coefficient (Wildman–Crippen LogP) is 1.51. The highest BCUT2D eigenvalue weighted by Gasteiger charge is 2.08. The molecule has 0 aromatic carbocycles. The van der Waals surface area contributed by atoms with Crippen LogP contribution >= 0.6 is 0 Å². The summed E-state index contributed by atoms with van der Waals surface area (Å²) < 4.78 is 21.0. The van der Waals surface area contributed by atoms with Crippen LogP contribution in [0.1, 0.15) is 39.5 Å². The monoisotopic (exact) mass is 305 g/mol. The normalized spacial score (nSPS) is 12.3. The van der Waals surface area contributed by atoms with E-state index in [-0.39, 0.29) is 25.0 Å². The number of nitrogens with two attached hydrogens (primary N) is 1. The summed E-state index contributed by atoms with van der Waals surface area (Å²) >= 11 is 0. The molecule has 0 aromatic rings. The maximum atomic E-state index is 11.3. The summed E-state index contributed by atoms with van der Waals surface area (Å²) in [5.41, 5.74) is 5.65. The predicted molar refractivity (Wildman–Crippen MR) is 81.2 cm³/mol. The van der Waals surface area contributed by atoms with Crippen molar-refractivity contribution in [2.75, 3.05) is 46.2 Å². The molecule has 0 bridgehead atoms. The van der Waals surface area contributed by atoms with Crippen LogP contribution in [0.25, 0.3) is 0 Å². The van der Waals surface area contributed by atoms with Gasteiger partial charge >= 0.3 is 5.97 Å². The fourth-order valence-electron chi connectivity index (χ4n) is 1.42. The average molecular weight is 305 g/mol. The van der Waals surface area contributed by atoms with Crippen LogP contribution in [0, 0.1) is 0 Å². The second kappa shape index (κ2) is 15.7. The van der Waals surface area contributed by atoms with Gasteiger partial charge in [0.15, 0.2) is 0 Å². The molecule has 0 aliphatic heterocycles. The summed E-state index contributed by atoms with van der Waals surface area (Å²) in [5.74, 6) is -0.270. The maximum Gasteiger partial charge on any atom is 0.307 e. The molecular formula is C15H31NO5. The lowest BCUT2D eigenvalue weighted by Gasteiger charge is -2.09. The molecule has 0 saturated carbocycles. The van der Waals surface area contributed by atoms with Gasteiger partial charge in [-0.15, -0.1) is 0 Å². The van der Waals surface area contributed by atoms with Gasteiger partial charge in [-0.1, -0.05) is 20.3 Å². The van der Waals surface area contributed by atoms with E-state index in [0.29, 0.717) is 33.0 Å². The molecule has 0 amide bonds. The molecular weight excluding hydrogens is 274 g/mol. The number of carbonyl (C=O) groups excluding carboxylic acids is 1. The van der Waals surface area contributed by atoms with E-state index >= 15 is 0 Å². The minimum atomic E-state index is -0.270. The van der Waals surface area contributed by atoms with Crippen LogP contribution in [0.4, 0.5) is 0 Å². The Kier molecular flexibility index (Phi) is 15.2. The van der Waals surface area contributed by atoms with E-state index in [9.17, 15) is 4.79 Å². The van der Waals surface area contributed by atoms with Crippen LogP contribution in [0.5, 0.6) is 0 Å². The molecule has 0 spiro atoms. The number of hydrogen-bond donors (Lipinski definition) is 1. The topological polar surface area (TPSA) is 80.0 Å². The van der Waals surface area contributed by atoms with Crippen molar-refractivity contribution in [3.05, 3.63) is 0 Å². The molecule has 6 nitrogen and oxygen atoms in total. The van der Waals surface area contributed by atoms with Crippen molar-refractivity contribution in [3.8, 4) is 0 Å². The molecule has 0 saturated heterocycles. The number of esters is 1. The van der Waals surface area contributed by atoms with Gasteiger partial charge in [-0.25, -0.2) is 0 Å². The summed E-state index contributed by atoms with van der Waals surface area (Å²) in [4.78, 5) is 11.3. The van der Waals surface area contributed by atoms with E-state index in [0.717, 1.165) is 25.9 Å². The molecule has 6 heteroatoms. The fourth-order valence-corrected chi connectivity index (χ4v) is 1.42. The molecule has 126 valence electrons. The fraction of sp³-hybridized carbons (Fsp3) is 0.933. The highest BCUT2D eigenvalue weighted by molar-refractivity contribution is 5.70. The molecule has 0 radical (unpaired) electrons. The zero-order valence-corrected chi connectivity index (χ0v) is 13.5. The Morgan fingerprint density at radius 2 is 1.43 bits per heavy atom. The largest absolute Gasteiger partial charge is 0.463 e. The van der Waals surface area contributed by atoms with Crippen molar-refractivity contribution in [1.29, 1.82) is 0 Å². The van der Waals surface area contributed by atoms with Gasteiger partial charge in [-0.2, -0.15) is 0 Å². The lowest BCUT2D eigenvalue weighted by molar-refractivity contribution is -0.145. The quantitative estimate of drug-likeness (QED) is 0.365. The Labute approximate surface area is 128 Å². The number of rotatable bonds is 15. The molecule has 21 heavy (non-hydrogen) atoms. The maximum absolute atomic E-state index is 11.3. The first kappa shape index (κ1) is 20.3. The lowest BCUT2D eigenvalue weighted by atomic mass is 10.2. The van der Waals surface area contributed by atoms with Gasteiger partial charge < -0.3 is 24.7 Å². The second-order valence-electron chi connectivity index (χ2n) is 4.78. The smallest absolute Gasteiger partial charge is 0.307 e. The molecule has 0 heterocycles. The van der Waals surface area contributed by atoms with E-state index in [1.165, 1.54) is 0 Å². The molecule has 0 rings (SSSR count). The zero-order chi connectivity index (χ0) is 15.8. The third-order valence-corrected chi connectivity index (χ3v) is 2.83. The van der Waals surface area contributed by atoms with Crippen LogP contribution in [0.3, 0.4) is 0 Å². The third kappa shape index (κ3) is 15.5. The molecule has 1 unspecified atom stereocenters. The van der Waals surface area contributed by atoms with E-state index in [1.807, 2.05) is 6.92 Å². The van der Waals surface area contributed by atoms with Crippen molar-refractivity contribution in [1.82, 2.24) is 0 Å². The lowest BCUT2D eigenvalue weighted by Crippen LogP contribution is -2.24.